The van der Waals surface area contributed by atoms with E-state index >= 15 is 0 Å². The van der Waals surface area contributed by atoms with Gasteiger partial charge in [-0.05, 0) is 49.6 Å². The molecule has 0 bridgehead atoms. The number of aryl methyl sites for hydroxylation is 2. The summed E-state index contributed by atoms with van der Waals surface area (Å²) in [5, 5.41) is 0. The highest BCUT2D eigenvalue weighted by Gasteiger charge is 2.37. The summed E-state index contributed by atoms with van der Waals surface area (Å²) in [7, 11) is -3.52. The molecule has 0 saturated carbocycles. The Labute approximate surface area is 145 Å². The first kappa shape index (κ1) is 15.8. The fourth-order valence-corrected chi connectivity index (χ4v) is 5.50. The lowest BCUT2D eigenvalue weighted by atomic mass is 10.1. The van der Waals surface area contributed by atoms with Crippen molar-refractivity contribution in [3.63, 3.8) is 0 Å². The maximum Gasteiger partial charge on any atom is 0.264 e. The van der Waals surface area contributed by atoms with E-state index in [0.29, 0.717) is 4.90 Å². The third-order valence-electron chi connectivity index (χ3n) is 4.02. The minimum Gasteiger partial charge on any atom is -0.262 e. The van der Waals surface area contributed by atoms with Crippen molar-refractivity contribution in [2.24, 2.45) is 0 Å². The molecule has 0 amide bonds. The van der Waals surface area contributed by atoms with Crippen molar-refractivity contribution in [3.05, 3.63) is 59.2 Å². The van der Waals surface area contributed by atoms with Crippen LogP contribution >= 0.6 is 22.6 Å². The molecule has 0 fully saturated rings. The normalized spacial score (nSPS) is 17.6. The van der Waals surface area contributed by atoms with Crippen molar-refractivity contribution in [2.75, 3.05) is 8.73 Å². The zero-order valence-corrected chi connectivity index (χ0v) is 15.6. The van der Waals surface area contributed by atoms with Gasteiger partial charge < -0.3 is 0 Å². The largest absolute Gasteiger partial charge is 0.264 e. The van der Waals surface area contributed by atoms with Crippen molar-refractivity contribution in [1.29, 1.82) is 0 Å². The minimum absolute atomic E-state index is 0.0105. The highest BCUT2D eigenvalue weighted by atomic mass is 127. The van der Waals surface area contributed by atoms with Gasteiger partial charge in [-0.1, -0.05) is 52.4 Å². The molecule has 0 unspecified atom stereocenters. The Bertz CT molecular complexity index is 800. The molecule has 1 atom stereocenters. The van der Waals surface area contributed by atoms with Gasteiger partial charge in [0.15, 0.2) is 0 Å². The van der Waals surface area contributed by atoms with Crippen molar-refractivity contribution in [2.45, 2.75) is 31.2 Å². The standard InChI is InChI=1S/C17H18INO2S/c1-12-4-7-16(8-5-12)22(20,21)19-15(11-18)10-14-6-3-13(2)9-17(14)19/h3-9,15H,10-11H2,1-2H3/t15-/m0/s1. The molecule has 2 aromatic carbocycles. The SMILES string of the molecule is Cc1ccc(S(=O)(=O)N2c3cc(C)ccc3C[C@H]2CI)cc1. The number of anilines is 1. The summed E-state index contributed by atoms with van der Waals surface area (Å²) in [5.74, 6) is 0. The number of sulfonamides is 1. The van der Waals surface area contributed by atoms with Gasteiger partial charge in [-0.15, -0.1) is 0 Å². The van der Waals surface area contributed by atoms with Crippen molar-refractivity contribution in [1.82, 2.24) is 0 Å². The maximum atomic E-state index is 13.1. The third kappa shape index (κ3) is 2.65. The van der Waals surface area contributed by atoms with Crippen LogP contribution in [0.4, 0.5) is 5.69 Å². The van der Waals surface area contributed by atoms with Crippen molar-refractivity contribution < 1.29 is 8.42 Å². The van der Waals surface area contributed by atoms with E-state index in [9.17, 15) is 8.42 Å². The van der Waals surface area contributed by atoms with Crippen LogP contribution in [-0.4, -0.2) is 18.9 Å². The Morgan fingerprint density at radius 2 is 1.73 bits per heavy atom. The van der Waals surface area contributed by atoms with Crippen LogP contribution in [0.1, 0.15) is 16.7 Å². The Kier molecular flexibility index (Phi) is 4.20. The molecule has 22 heavy (non-hydrogen) atoms. The predicted octanol–water partition coefficient (Wildman–Crippen LogP) is 3.86. The number of fused-ring (bicyclic) bond motifs is 1. The van der Waals surface area contributed by atoms with Gasteiger partial charge in [0.1, 0.15) is 0 Å². The smallest absolute Gasteiger partial charge is 0.262 e. The molecule has 3 rings (SSSR count). The number of benzene rings is 2. The third-order valence-corrected chi connectivity index (χ3v) is 6.92. The number of nitrogens with zero attached hydrogens (tertiary/aromatic N) is 1. The van der Waals surface area contributed by atoms with Gasteiger partial charge in [-0.25, -0.2) is 8.42 Å². The summed E-state index contributed by atoms with van der Waals surface area (Å²) in [6.07, 6.45) is 0.781. The Morgan fingerprint density at radius 1 is 1.09 bits per heavy atom. The van der Waals surface area contributed by atoms with Crippen LogP contribution in [0.3, 0.4) is 0 Å². The number of hydrogen-bond acceptors (Lipinski definition) is 2. The molecule has 0 spiro atoms. The fraction of sp³-hybridized carbons (Fsp3) is 0.294. The van der Waals surface area contributed by atoms with Gasteiger partial charge in [0.05, 0.1) is 16.6 Å². The lowest BCUT2D eigenvalue weighted by Gasteiger charge is -2.26. The van der Waals surface area contributed by atoms with Gasteiger partial charge in [0.2, 0.25) is 0 Å². The summed E-state index contributed by atoms with van der Waals surface area (Å²) >= 11 is 2.27. The van der Waals surface area contributed by atoms with Gasteiger partial charge >= 0.3 is 0 Å². The van der Waals surface area contributed by atoms with E-state index in [1.54, 1.807) is 16.4 Å². The maximum absolute atomic E-state index is 13.1. The zero-order valence-electron chi connectivity index (χ0n) is 12.6. The summed E-state index contributed by atoms with van der Waals surface area (Å²) in [5.41, 5.74) is 4.09. The summed E-state index contributed by atoms with van der Waals surface area (Å²) in [6.45, 7) is 3.95. The first-order valence-electron chi connectivity index (χ1n) is 7.20. The topological polar surface area (TPSA) is 37.4 Å². The minimum atomic E-state index is -3.52. The Morgan fingerprint density at radius 3 is 2.36 bits per heavy atom. The second-order valence-electron chi connectivity index (χ2n) is 5.76. The molecule has 5 heteroatoms. The first-order valence-corrected chi connectivity index (χ1v) is 10.2. The van der Waals surface area contributed by atoms with E-state index in [0.717, 1.165) is 33.2 Å². The monoisotopic (exact) mass is 427 g/mol. The quantitative estimate of drug-likeness (QED) is 0.551. The van der Waals surface area contributed by atoms with Crippen LogP contribution in [0.5, 0.6) is 0 Å². The molecule has 3 nitrogen and oxygen atoms in total. The number of halogens is 1. The van der Waals surface area contributed by atoms with Crippen LogP contribution in [0.25, 0.3) is 0 Å². The van der Waals surface area contributed by atoms with Crippen LogP contribution in [0.2, 0.25) is 0 Å². The van der Waals surface area contributed by atoms with E-state index < -0.39 is 10.0 Å². The van der Waals surface area contributed by atoms with Crippen LogP contribution < -0.4 is 4.31 Å². The summed E-state index contributed by atoms with van der Waals surface area (Å²) in [4.78, 5) is 0.363. The molecule has 1 heterocycles. The molecule has 0 aromatic heterocycles. The molecule has 2 aromatic rings. The van der Waals surface area contributed by atoms with Crippen LogP contribution in [0, 0.1) is 13.8 Å². The summed E-state index contributed by atoms with van der Waals surface area (Å²) in [6, 6.07) is 13.2. The van der Waals surface area contributed by atoms with E-state index in [1.165, 1.54) is 0 Å². The Balaban J connectivity index is 2.13. The number of hydrogen-bond donors (Lipinski definition) is 0. The summed E-state index contributed by atoms with van der Waals surface area (Å²) < 4.78 is 28.6. The van der Waals surface area contributed by atoms with E-state index in [1.807, 2.05) is 38.1 Å². The van der Waals surface area contributed by atoms with Crippen molar-refractivity contribution >= 4 is 38.3 Å². The van der Waals surface area contributed by atoms with Gasteiger partial charge in [0, 0.05) is 4.43 Å². The molecule has 1 aliphatic heterocycles. The van der Waals surface area contributed by atoms with E-state index in [4.69, 9.17) is 0 Å². The fourth-order valence-electron chi connectivity index (χ4n) is 2.85. The second-order valence-corrected chi connectivity index (χ2v) is 8.45. The Hall–Kier alpha value is -1.08. The first-order chi connectivity index (χ1) is 10.4. The second kappa shape index (κ2) is 5.85. The lowest BCUT2D eigenvalue weighted by Crippen LogP contribution is -2.38. The molecule has 116 valence electrons. The predicted molar refractivity (Wildman–Crippen MR) is 98.4 cm³/mol. The van der Waals surface area contributed by atoms with Crippen molar-refractivity contribution in [3.8, 4) is 0 Å². The highest BCUT2D eigenvalue weighted by molar-refractivity contribution is 14.1. The molecule has 1 aliphatic rings. The van der Waals surface area contributed by atoms with E-state index in [-0.39, 0.29) is 6.04 Å². The molecule has 0 saturated heterocycles. The molecular formula is C17H18INO2S. The molecule has 0 N–H and O–H groups in total. The number of alkyl halides is 1. The lowest BCUT2D eigenvalue weighted by molar-refractivity contribution is 0.585. The van der Waals surface area contributed by atoms with Gasteiger partial charge in [-0.2, -0.15) is 0 Å². The zero-order chi connectivity index (χ0) is 15.9. The van der Waals surface area contributed by atoms with Crippen LogP contribution in [0.15, 0.2) is 47.4 Å². The van der Waals surface area contributed by atoms with Crippen LogP contribution in [-0.2, 0) is 16.4 Å². The molecule has 0 radical (unpaired) electrons. The van der Waals surface area contributed by atoms with Gasteiger partial charge in [0.25, 0.3) is 10.0 Å². The molecular weight excluding hydrogens is 409 g/mol. The average Bonchev–Trinajstić information content (AvgIpc) is 2.86. The highest BCUT2D eigenvalue weighted by Crippen LogP contribution is 2.38. The van der Waals surface area contributed by atoms with Gasteiger partial charge in [-0.3, -0.25) is 4.31 Å². The molecule has 0 aliphatic carbocycles. The number of rotatable bonds is 3. The van der Waals surface area contributed by atoms with E-state index in [2.05, 4.69) is 28.7 Å². The average molecular weight is 427 g/mol.